The zero-order chi connectivity index (χ0) is 7.68. The summed E-state index contributed by atoms with van der Waals surface area (Å²) in [5, 5.41) is 5.27. The Morgan fingerprint density at radius 3 is 3.45 bits per heavy atom. The minimum absolute atomic E-state index is 0.667. The van der Waals surface area contributed by atoms with Crippen molar-refractivity contribution in [3.63, 3.8) is 0 Å². The van der Waals surface area contributed by atoms with Crippen LogP contribution in [0.25, 0.3) is 0 Å². The molecule has 3 N–H and O–H groups in total. The molecule has 1 aromatic heterocycles. The van der Waals surface area contributed by atoms with E-state index in [0.29, 0.717) is 5.84 Å². The molecule has 0 aromatic carbocycles. The van der Waals surface area contributed by atoms with Crippen LogP contribution in [-0.4, -0.2) is 18.9 Å². The minimum atomic E-state index is 0.667. The third-order valence-electron chi connectivity index (χ3n) is 1.61. The first kappa shape index (κ1) is 6.67. The van der Waals surface area contributed by atoms with Gasteiger partial charge in [0.05, 0.1) is 17.1 Å². The molecule has 2 rings (SSSR count). The lowest BCUT2D eigenvalue weighted by Crippen LogP contribution is -2.11. The Kier molecular flexibility index (Phi) is 1.54. The average molecular weight is 167 g/mol. The van der Waals surface area contributed by atoms with E-state index in [1.54, 1.807) is 11.3 Å². The number of rotatable bonds is 0. The standard InChI is InChI=1S/C7H9N3S/c8-7-6-5(1-4-11-6)9-2-3-10-7/h1,4,9H,2-3H2,(H2,8,10). The van der Waals surface area contributed by atoms with E-state index >= 15 is 0 Å². The van der Waals surface area contributed by atoms with E-state index < -0.39 is 0 Å². The zero-order valence-corrected chi connectivity index (χ0v) is 6.82. The highest BCUT2D eigenvalue weighted by molar-refractivity contribution is 7.12. The van der Waals surface area contributed by atoms with Crippen molar-refractivity contribution in [3.05, 3.63) is 16.3 Å². The Morgan fingerprint density at radius 1 is 1.64 bits per heavy atom. The highest BCUT2D eigenvalue weighted by atomic mass is 32.1. The second-order valence-corrected chi connectivity index (χ2v) is 3.27. The van der Waals surface area contributed by atoms with E-state index in [-0.39, 0.29) is 0 Å². The molecule has 11 heavy (non-hydrogen) atoms. The molecule has 0 radical (unpaired) electrons. The molecule has 3 nitrogen and oxygen atoms in total. The maximum atomic E-state index is 5.71. The fourth-order valence-corrected chi connectivity index (χ4v) is 1.88. The fourth-order valence-electron chi connectivity index (χ4n) is 1.09. The van der Waals surface area contributed by atoms with Gasteiger partial charge in [-0.3, -0.25) is 4.99 Å². The van der Waals surface area contributed by atoms with Crippen molar-refractivity contribution >= 4 is 22.9 Å². The first-order valence-electron chi connectivity index (χ1n) is 3.49. The summed E-state index contributed by atoms with van der Waals surface area (Å²) in [6, 6.07) is 2.04. The molecule has 0 atom stereocenters. The van der Waals surface area contributed by atoms with Gasteiger partial charge in [-0.2, -0.15) is 0 Å². The molecule has 1 aliphatic rings. The lowest BCUT2D eigenvalue weighted by Gasteiger charge is -1.98. The molecule has 0 aliphatic carbocycles. The Balaban J connectivity index is 2.48. The van der Waals surface area contributed by atoms with Crippen molar-refractivity contribution < 1.29 is 0 Å². The molecule has 0 amide bonds. The highest BCUT2D eigenvalue weighted by Gasteiger charge is 2.09. The van der Waals surface area contributed by atoms with Gasteiger partial charge in [0, 0.05) is 6.54 Å². The molecule has 0 fully saturated rings. The smallest absolute Gasteiger partial charge is 0.138 e. The van der Waals surface area contributed by atoms with Crippen molar-refractivity contribution in [2.24, 2.45) is 10.7 Å². The molecule has 4 heteroatoms. The van der Waals surface area contributed by atoms with Crippen LogP contribution in [0.5, 0.6) is 0 Å². The van der Waals surface area contributed by atoms with Gasteiger partial charge < -0.3 is 11.1 Å². The second kappa shape index (κ2) is 2.54. The highest BCUT2D eigenvalue weighted by Crippen LogP contribution is 2.22. The second-order valence-electron chi connectivity index (χ2n) is 2.36. The molecular formula is C7H9N3S. The number of anilines is 1. The lowest BCUT2D eigenvalue weighted by molar-refractivity contribution is 1.03. The zero-order valence-electron chi connectivity index (χ0n) is 6.00. The van der Waals surface area contributed by atoms with Crippen LogP contribution < -0.4 is 11.1 Å². The van der Waals surface area contributed by atoms with Crippen molar-refractivity contribution in [1.82, 2.24) is 0 Å². The monoisotopic (exact) mass is 167 g/mol. The summed E-state index contributed by atoms with van der Waals surface area (Å²) in [6.07, 6.45) is 0. The Hall–Kier alpha value is -1.03. The molecule has 0 spiro atoms. The van der Waals surface area contributed by atoms with Crippen molar-refractivity contribution in [2.75, 3.05) is 18.4 Å². The van der Waals surface area contributed by atoms with E-state index in [1.807, 2.05) is 11.4 Å². The van der Waals surface area contributed by atoms with E-state index in [9.17, 15) is 0 Å². The molecule has 1 aromatic rings. The quantitative estimate of drug-likeness (QED) is 0.602. The first-order chi connectivity index (χ1) is 5.38. The predicted molar refractivity (Wildman–Crippen MR) is 48.4 cm³/mol. The van der Waals surface area contributed by atoms with E-state index in [0.717, 1.165) is 23.7 Å². The van der Waals surface area contributed by atoms with Gasteiger partial charge in [-0.25, -0.2) is 0 Å². The van der Waals surface area contributed by atoms with Gasteiger partial charge in [0.25, 0.3) is 0 Å². The third-order valence-corrected chi connectivity index (χ3v) is 2.54. The number of hydrogen-bond donors (Lipinski definition) is 2. The van der Waals surface area contributed by atoms with Crippen LogP contribution in [0.1, 0.15) is 4.88 Å². The van der Waals surface area contributed by atoms with Crippen LogP contribution in [0.3, 0.4) is 0 Å². The largest absolute Gasteiger partial charge is 0.383 e. The molecule has 0 unspecified atom stereocenters. The van der Waals surface area contributed by atoms with Crippen molar-refractivity contribution in [2.45, 2.75) is 0 Å². The van der Waals surface area contributed by atoms with Gasteiger partial charge in [0.15, 0.2) is 0 Å². The maximum Gasteiger partial charge on any atom is 0.138 e. The summed E-state index contributed by atoms with van der Waals surface area (Å²) in [7, 11) is 0. The SMILES string of the molecule is NC1=NCCNc2ccsc21. The van der Waals surface area contributed by atoms with E-state index in [1.165, 1.54) is 0 Å². The third kappa shape index (κ3) is 1.09. The summed E-state index contributed by atoms with van der Waals surface area (Å²) in [4.78, 5) is 5.25. The van der Waals surface area contributed by atoms with Gasteiger partial charge in [-0.15, -0.1) is 11.3 Å². The topological polar surface area (TPSA) is 50.4 Å². The fraction of sp³-hybridized carbons (Fsp3) is 0.286. The summed E-state index contributed by atoms with van der Waals surface area (Å²) < 4.78 is 0. The molecule has 2 heterocycles. The predicted octanol–water partition coefficient (Wildman–Crippen LogP) is 0.879. The van der Waals surface area contributed by atoms with Gasteiger partial charge in [-0.1, -0.05) is 0 Å². The Labute approximate surface area is 68.9 Å². The average Bonchev–Trinajstić information content (AvgIpc) is 2.40. The van der Waals surface area contributed by atoms with Gasteiger partial charge in [0.2, 0.25) is 0 Å². The molecule has 0 bridgehead atoms. The van der Waals surface area contributed by atoms with Gasteiger partial charge in [-0.05, 0) is 11.4 Å². The van der Waals surface area contributed by atoms with Crippen LogP contribution in [0, 0.1) is 0 Å². The molecule has 0 saturated carbocycles. The molecular weight excluding hydrogens is 158 g/mol. The number of thiophene rings is 1. The number of nitrogens with one attached hydrogen (secondary N) is 1. The number of fused-ring (bicyclic) bond motifs is 1. The normalized spacial score (nSPS) is 16.2. The van der Waals surface area contributed by atoms with Gasteiger partial charge >= 0.3 is 0 Å². The number of nitrogens with zero attached hydrogens (tertiary/aromatic N) is 1. The van der Waals surface area contributed by atoms with Crippen LogP contribution in [-0.2, 0) is 0 Å². The number of amidine groups is 1. The lowest BCUT2D eigenvalue weighted by atomic mass is 10.4. The maximum absolute atomic E-state index is 5.71. The number of hydrogen-bond acceptors (Lipinski definition) is 4. The summed E-state index contributed by atoms with van der Waals surface area (Å²) in [6.45, 7) is 1.65. The summed E-state index contributed by atoms with van der Waals surface area (Å²) >= 11 is 1.63. The summed E-state index contributed by atoms with van der Waals surface area (Å²) in [5.74, 6) is 0.667. The van der Waals surface area contributed by atoms with Crippen molar-refractivity contribution in [3.8, 4) is 0 Å². The first-order valence-corrected chi connectivity index (χ1v) is 4.37. The van der Waals surface area contributed by atoms with Crippen LogP contribution >= 0.6 is 11.3 Å². The van der Waals surface area contributed by atoms with Crippen LogP contribution in [0.4, 0.5) is 5.69 Å². The van der Waals surface area contributed by atoms with E-state index in [4.69, 9.17) is 5.73 Å². The number of aliphatic imine (C=N–C) groups is 1. The minimum Gasteiger partial charge on any atom is -0.383 e. The van der Waals surface area contributed by atoms with Crippen LogP contribution in [0.15, 0.2) is 16.4 Å². The van der Waals surface area contributed by atoms with Crippen molar-refractivity contribution in [1.29, 1.82) is 0 Å². The Bertz CT molecular complexity index is 290. The summed E-state index contributed by atoms with van der Waals surface area (Å²) in [5.41, 5.74) is 6.83. The molecule has 58 valence electrons. The van der Waals surface area contributed by atoms with E-state index in [2.05, 4.69) is 10.3 Å². The molecule has 0 saturated heterocycles. The van der Waals surface area contributed by atoms with Crippen LogP contribution in [0.2, 0.25) is 0 Å². The van der Waals surface area contributed by atoms with Gasteiger partial charge in [0.1, 0.15) is 5.84 Å². The number of nitrogens with two attached hydrogens (primary N) is 1. The molecule has 1 aliphatic heterocycles. The Morgan fingerprint density at radius 2 is 2.55 bits per heavy atom.